The molecule has 0 aromatic heterocycles. The van der Waals surface area contributed by atoms with Crippen LogP contribution in [0.5, 0.6) is 0 Å². The summed E-state index contributed by atoms with van der Waals surface area (Å²) in [4.78, 5) is 13.1. The molecule has 0 aliphatic carbocycles. The first kappa shape index (κ1) is 15.1. The smallest absolute Gasteiger partial charge is 0.308 e. The Bertz CT molecular complexity index is 629. The van der Waals surface area contributed by atoms with E-state index in [1.165, 1.54) is 12.1 Å². The van der Waals surface area contributed by atoms with Gasteiger partial charge in [0.1, 0.15) is 0 Å². The highest BCUT2D eigenvalue weighted by molar-refractivity contribution is 7.90. The Morgan fingerprint density at radius 2 is 2.15 bits per heavy atom. The highest BCUT2D eigenvalue weighted by Crippen LogP contribution is 2.31. The van der Waals surface area contributed by atoms with Crippen LogP contribution < -0.4 is 4.90 Å². The second-order valence-electron chi connectivity index (χ2n) is 5.01. The van der Waals surface area contributed by atoms with Crippen molar-refractivity contribution in [1.29, 1.82) is 0 Å². The maximum absolute atomic E-state index is 11.5. The fourth-order valence-electron chi connectivity index (χ4n) is 2.37. The molecule has 20 heavy (non-hydrogen) atoms. The molecule has 0 bridgehead atoms. The predicted molar refractivity (Wildman–Crippen MR) is 77.1 cm³/mol. The molecule has 110 valence electrons. The lowest BCUT2D eigenvalue weighted by Gasteiger charge is -2.33. The lowest BCUT2D eigenvalue weighted by molar-refractivity contribution is -0.141. The van der Waals surface area contributed by atoms with Gasteiger partial charge in [0.25, 0.3) is 0 Å². The number of hydrogen-bond acceptors (Lipinski definition) is 4. The normalized spacial score (nSPS) is 19.9. The van der Waals surface area contributed by atoms with Gasteiger partial charge in [0.2, 0.25) is 0 Å². The van der Waals surface area contributed by atoms with E-state index in [1.807, 2.05) is 4.90 Å². The van der Waals surface area contributed by atoms with Crippen LogP contribution in [0.4, 0.5) is 5.69 Å². The minimum absolute atomic E-state index is 0.165. The second-order valence-corrected chi connectivity index (χ2v) is 7.43. The SMILES string of the molecule is CS(=O)(=O)c1ccc(N2CCC[C@@H](C(=O)O)C2)c(Cl)c1. The minimum Gasteiger partial charge on any atom is -0.481 e. The average molecular weight is 318 g/mol. The summed E-state index contributed by atoms with van der Waals surface area (Å²) in [5.74, 6) is -1.21. The van der Waals surface area contributed by atoms with Crippen LogP contribution >= 0.6 is 11.6 Å². The van der Waals surface area contributed by atoms with E-state index in [0.717, 1.165) is 19.2 Å². The largest absolute Gasteiger partial charge is 0.481 e. The first-order valence-electron chi connectivity index (χ1n) is 6.26. The molecule has 0 unspecified atom stereocenters. The Labute approximate surface area is 123 Å². The fraction of sp³-hybridized carbons (Fsp3) is 0.462. The molecule has 1 aliphatic heterocycles. The van der Waals surface area contributed by atoms with Gasteiger partial charge in [-0.1, -0.05) is 11.6 Å². The number of carboxylic acid groups (broad SMARTS) is 1. The summed E-state index contributed by atoms with van der Waals surface area (Å²) in [5, 5.41) is 9.42. The molecule has 5 nitrogen and oxygen atoms in total. The number of sulfone groups is 1. The molecule has 0 amide bonds. The number of anilines is 1. The lowest BCUT2D eigenvalue weighted by Crippen LogP contribution is -2.38. The quantitative estimate of drug-likeness (QED) is 0.923. The van der Waals surface area contributed by atoms with E-state index in [9.17, 15) is 13.2 Å². The molecule has 0 spiro atoms. The molecule has 1 aromatic carbocycles. The number of halogens is 1. The van der Waals surface area contributed by atoms with Gasteiger partial charge in [0.05, 0.1) is 21.5 Å². The number of carboxylic acids is 1. The first-order chi connectivity index (χ1) is 9.29. The molecule has 0 saturated carbocycles. The number of hydrogen-bond donors (Lipinski definition) is 1. The molecule has 0 radical (unpaired) electrons. The van der Waals surface area contributed by atoms with Crippen molar-refractivity contribution >= 4 is 33.1 Å². The van der Waals surface area contributed by atoms with Crippen molar-refractivity contribution in [3.8, 4) is 0 Å². The first-order valence-corrected chi connectivity index (χ1v) is 8.53. The molecule has 1 aliphatic rings. The summed E-state index contributed by atoms with van der Waals surface area (Å²) in [5.41, 5.74) is 0.685. The van der Waals surface area contributed by atoms with E-state index >= 15 is 0 Å². The van der Waals surface area contributed by atoms with Gasteiger partial charge in [-0.15, -0.1) is 0 Å². The summed E-state index contributed by atoms with van der Waals surface area (Å²) in [6.07, 6.45) is 2.56. The van der Waals surface area contributed by atoms with Gasteiger partial charge in [-0.05, 0) is 31.0 Å². The van der Waals surface area contributed by atoms with Crippen LogP contribution in [-0.4, -0.2) is 38.8 Å². The number of carbonyl (C=O) groups is 1. The maximum Gasteiger partial charge on any atom is 0.308 e. The lowest BCUT2D eigenvalue weighted by atomic mass is 9.98. The second kappa shape index (κ2) is 5.61. The van der Waals surface area contributed by atoms with Crippen LogP contribution in [-0.2, 0) is 14.6 Å². The van der Waals surface area contributed by atoms with Crippen molar-refractivity contribution < 1.29 is 18.3 Å². The Morgan fingerprint density at radius 1 is 1.45 bits per heavy atom. The molecule has 1 atom stereocenters. The van der Waals surface area contributed by atoms with Crippen LogP contribution in [0.1, 0.15) is 12.8 Å². The van der Waals surface area contributed by atoms with Gasteiger partial charge in [-0.2, -0.15) is 0 Å². The molecule has 2 rings (SSSR count). The number of rotatable bonds is 3. The van der Waals surface area contributed by atoms with E-state index in [4.69, 9.17) is 16.7 Å². The van der Waals surface area contributed by atoms with Gasteiger partial charge in [0, 0.05) is 19.3 Å². The highest BCUT2D eigenvalue weighted by Gasteiger charge is 2.26. The molecular weight excluding hydrogens is 302 g/mol. The van der Waals surface area contributed by atoms with Crippen molar-refractivity contribution in [2.75, 3.05) is 24.2 Å². The Kier molecular flexibility index (Phi) is 4.25. The Hall–Kier alpha value is -1.27. The minimum atomic E-state index is -3.29. The van der Waals surface area contributed by atoms with E-state index in [0.29, 0.717) is 23.7 Å². The maximum atomic E-state index is 11.5. The number of nitrogens with zero attached hydrogens (tertiary/aromatic N) is 1. The molecular formula is C13H16ClNO4S. The average Bonchev–Trinajstić information content (AvgIpc) is 2.37. The van der Waals surface area contributed by atoms with E-state index in [-0.39, 0.29) is 4.90 Å². The van der Waals surface area contributed by atoms with Crippen molar-refractivity contribution in [2.45, 2.75) is 17.7 Å². The molecule has 1 aromatic rings. The molecule has 1 N–H and O–H groups in total. The van der Waals surface area contributed by atoms with Crippen LogP contribution in [0.25, 0.3) is 0 Å². The van der Waals surface area contributed by atoms with Gasteiger partial charge in [-0.3, -0.25) is 4.79 Å². The van der Waals surface area contributed by atoms with Crippen LogP contribution in [0.15, 0.2) is 23.1 Å². The number of piperidine rings is 1. The van der Waals surface area contributed by atoms with Crippen molar-refractivity contribution in [3.05, 3.63) is 23.2 Å². The summed E-state index contributed by atoms with van der Waals surface area (Å²) in [7, 11) is -3.29. The summed E-state index contributed by atoms with van der Waals surface area (Å²) >= 11 is 6.14. The fourth-order valence-corrected chi connectivity index (χ4v) is 3.38. The van der Waals surface area contributed by atoms with E-state index in [1.54, 1.807) is 6.07 Å². The summed E-state index contributed by atoms with van der Waals surface area (Å²) in [6, 6.07) is 4.56. The van der Waals surface area contributed by atoms with Crippen LogP contribution in [0, 0.1) is 5.92 Å². The third-order valence-electron chi connectivity index (χ3n) is 3.46. The van der Waals surface area contributed by atoms with Gasteiger partial charge in [-0.25, -0.2) is 8.42 Å². The molecule has 1 fully saturated rings. The standard InChI is InChI=1S/C13H16ClNO4S/c1-20(18,19)10-4-5-12(11(14)7-10)15-6-2-3-9(8-15)13(16)17/h4-5,7,9H,2-3,6,8H2,1H3,(H,16,17)/t9-/m1/s1. The van der Waals surface area contributed by atoms with Gasteiger partial charge in [0.15, 0.2) is 9.84 Å². The Balaban J connectivity index is 2.27. The molecule has 7 heteroatoms. The van der Waals surface area contributed by atoms with Crippen molar-refractivity contribution in [1.82, 2.24) is 0 Å². The molecule has 1 saturated heterocycles. The number of benzene rings is 1. The third kappa shape index (κ3) is 3.24. The van der Waals surface area contributed by atoms with Gasteiger partial charge < -0.3 is 10.0 Å². The predicted octanol–water partition coefficient (Wildman–Crippen LogP) is 2.04. The monoisotopic (exact) mass is 317 g/mol. The van der Waals surface area contributed by atoms with E-state index < -0.39 is 21.7 Å². The highest BCUT2D eigenvalue weighted by atomic mass is 35.5. The zero-order valence-electron chi connectivity index (χ0n) is 11.0. The van der Waals surface area contributed by atoms with Crippen molar-refractivity contribution in [3.63, 3.8) is 0 Å². The third-order valence-corrected chi connectivity index (χ3v) is 4.87. The zero-order chi connectivity index (χ0) is 14.9. The summed E-state index contributed by atoms with van der Waals surface area (Å²) in [6.45, 7) is 1.12. The van der Waals surface area contributed by atoms with Crippen LogP contribution in [0.3, 0.4) is 0 Å². The van der Waals surface area contributed by atoms with Gasteiger partial charge >= 0.3 is 5.97 Å². The zero-order valence-corrected chi connectivity index (χ0v) is 12.6. The van der Waals surface area contributed by atoms with Crippen molar-refractivity contribution in [2.24, 2.45) is 5.92 Å². The topological polar surface area (TPSA) is 74.7 Å². The Morgan fingerprint density at radius 3 is 2.70 bits per heavy atom. The van der Waals surface area contributed by atoms with E-state index in [2.05, 4.69) is 0 Å². The summed E-state index contributed by atoms with van der Waals surface area (Å²) < 4.78 is 22.9. The molecule has 1 heterocycles. The number of aliphatic carboxylic acids is 1. The van der Waals surface area contributed by atoms with Crippen LogP contribution in [0.2, 0.25) is 5.02 Å².